The Morgan fingerprint density at radius 1 is 1.41 bits per heavy atom. The molecule has 3 aliphatic carbocycles. The van der Waals surface area contributed by atoms with Gasteiger partial charge in [-0.25, -0.2) is 0 Å². The Morgan fingerprint density at radius 3 is 3.00 bits per heavy atom. The molecule has 0 bridgehead atoms. The molecule has 1 amide bonds. The zero-order valence-electron chi connectivity index (χ0n) is 9.68. The van der Waals surface area contributed by atoms with E-state index in [-0.39, 0.29) is 35.3 Å². The number of carbonyl (C=O) groups excluding carboxylic acids is 2. The second kappa shape index (κ2) is 2.30. The van der Waals surface area contributed by atoms with E-state index in [2.05, 4.69) is 12.2 Å². The van der Waals surface area contributed by atoms with Gasteiger partial charge in [-0.3, -0.25) is 9.59 Å². The quantitative estimate of drug-likeness (QED) is 0.639. The van der Waals surface area contributed by atoms with Crippen LogP contribution >= 0.6 is 0 Å². The number of ether oxygens (including phenoxy) is 1. The summed E-state index contributed by atoms with van der Waals surface area (Å²) in [5, 5.41) is 3.02. The molecule has 4 heteroatoms. The summed E-state index contributed by atoms with van der Waals surface area (Å²) in [5.74, 6) is 2.03. The van der Waals surface area contributed by atoms with E-state index in [1.165, 1.54) is 0 Å². The number of fused-ring (bicyclic) bond motifs is 1. The molecule has 90 valence electrons. The Bertz CT molecular complexity index is 475. The highest BCUT2D eigenvalue weighted by molar-refractivity contribution is 6.04. The van der Waals surface area contributed by atoms with Crippen molar-refractivity contribution in [3.63, 3.8) is 0 Å². The molecule has 1 N–H and O–H groups in total. The van der Waals surface area contributed by atoms with E-state index in [1.807, 2.05) is 0 Å². The minimum atomic E-state index is -0.355. The van der Waals surface area contributed by atoms with Gasteiger partial charge in [-0.1, -0.05) is 6.92 Å². The van der Waals surface area contributed by atoms with Gasteiger partial charge < -0.3 is 10.1 Å². The third kappa shape index (κ3) is 0.694. The SMILES string of the molecule is C[C@@H]1[C@H]2CO[C@@H]3[C@H]2[C@H]1C(=O)[C@]12C[C@H]1C(=O)N[C@@H]32. The van der Waals surface area contributed by atoms with Gasteiger partial charge in [-0.2, -0.15) is 0 Å². The first-order valence-corrected chi connectivity index (χ1v) is 6.62. The number of Topliss-reactive ketones (excluding diaryl/α,β-unsaturated/α-hetero) is 1. The van der Waals surface area contributed by atoms with Gasteiger partial charge in [0.05, 0.1) is 30.1 Å². The summed E-state index contributed by atoms with van der Waals surface area (Å²) < 4.78 is 5.92. The lowest BCUT2D eigenvalue weighted by Crippen LogP contribution is -2.64. The van der Waals surface area contributed by atoms with Crippen LogP contribution in [0.25, 0.3) is 0 Å². The molecular formula is C13H15NO3. The summed E-state index contributed by atoms with van der Waals surface area (Å²) in [5.41, 5.74) is -0.355. The highest BCUT2D eigenvalue weighted by atomic mass is 16.5. The van der Waals surface area contributed by atoms with Crippen LogP contribution in [0.1, 0.15) is 13.3 Å². The molecule has 5 rings (SSSR count). The fraction of sp³-hybridized carbons (Fsp3) is 0.846. The van der Waals surface area contributed by atoms with Crippen molar-refractivity contribution < 1.29 is 14.3 Å². The van der Waals surface area contributed by atoms with Crippen LogP contribution in [0.15, 0.2) is 0 Å². The molecule has 4 nitrogen and oxygen atoms in total. The van der Waals surface area contributed by atoms with Gasteiger partial charge in [0.1, 0.15) is 5.78 Å². The van der Waals surface area contributed by atoms with Crippen LogP contribution in [-0.2, 0) is 14.3 Å². The Morgan fingerprint density at radius 2 is 2.24 bits per heavy atom. The van der Waals surface area contributed by atoms with Gasteiger partial charge in [0.25, 0.3) is 0 Å². The molecule has 3 saturated carbocycles. The largest absolute Gasteiger partial charge is 0.375 e. The number of piperidine rings is 1. The number of amides is 1. The van der Waals surface area contributed by atoms with Gasteiger partial charge in [0, 0.05) is 11.8 Å². The molecule has 2 aliphatic heterocycles. The predicted molar refractivity (Wildman–Crippen MR) is 56.9 cm³/mol. The number of hydrogen-bond donors (Lipinski definition) is 1. The third-order valence-corrected chi connectivity index (χ3v) is 6.27. The van der Waals surface area contributed by atoms with Crippen molar-refractivity contribution in [2.45, 2.75) is 25.5 Å². The summed E-state index contributed by atoms with van der Waals surface area (Å²) in [4.78, 5) is 24.5. The maximum Gasteiger partial charge on any atom is 0.224 e. The standard InChI is InChI=1S/C13H15NO3/c1-4-5-3-17-9-8(5)7(4)11(15)13-2-6(13)12(16)14-10(9)13/h4-10H,2-3H2,1H3,(H,14,16)/t4-,5-,6+,7+,8-,9-,10+,13-/m1/s1. The van der Waals surface area contributed by atoms with E-state index in [9.17, 15) is 9.59 Å². The number of ketones is 1. The summed E-state index contributed by atoms with van der Waals surface area (Å²) in [6.45, 7) is 2.96. The van der Waals surface area contributed by atoms with E-state index >= 15 is 0 Å². The van der Waals surface area contributed by atoms with Gasteiger partial charge in [0.15, 0.2) is 0 Å². The number of nitrogens with one attached hydrogen (secondary N) is 1. The average Bonchev–Trinajstić information content (AvgIpc) is 2.82. The van der Waals surface area contributed by atoms with Crippen LogP contribution < -0.4 is 5.32 Å². The molecule has 2 saturated heterocycles. The summed E-state index contributed by atoms with van der Waals surface area (Å²) in [7, 11) is 0. The average molecular weight is 233 g/mol. The highest BCUT2D eigenvalue weighted by Gasteiger charge is 2.81. The van der Waals surface area contributed by atoms with E-state index in [1.54, 1.807) is 0 Å². The minimum Gasteiger partial charge on any atom is -0.375 e. The minimum absolute atomic E-state index is 0.00810. The molecule has 1 spiro atoms. The van der Waals surface area contributed by atoms with E-state index in [0.717, 1.165) is 13.0 Å². The van der Waals surface area contributed by atoms with Crippen LogP contribution in [0, 0.1) is 35.0 Å². The molecule has 5 fully saturated rings. The fourth-order valence-corrected chi connectivity index (χ4v) is 5.31. The molecule has 0 aromatic carbocycles. The predicted octanol–water partition coefficient (Wildman–Crippen LogP) is -0.0291. The van der Waals surface area contributed by atoms with Crippen molar-refractivity contribution in [3.8, 4) is 0 Å². The van der Waals surface area contributed by atoms with E-state index in [4.69, 9.17) is 4.74 Å². The summed E-state index contributed by atoms with van der Waals surface area (Å²) in [6.07, 6.45) is 0.901. The van der Waals surface area contributed by atoms with E-state index in [0.29, 0.717) is 23.5 Å². The fourth-order valence-electron chi connectivity index (χ4n) is 5.31. The van der Waals surface area contributed by atoms with E-state index < -0.39 is 0 Å². The van der Waals surface area contributed by atoms with Crippen molar-refractivity contribution >= 4 is 11.7 Å². The van der Waals surface area contributed by atoms with Crippen molar-refractivity contribution in [1.29, 1.82) is 0 Å². The maximum atomic E-state index is 12.7. The van der Waals surface area contributed by atoms with Crippen LogP contribution in [0.4, 0.5) is 0 Å². The normalized spacial score (nSPS) is 65.6. The topological polar surface area (TPSA) is 55.4 Å². The zero-order valence-corrected chi connectivity index (χ0v) is 9.68. The Labute approximate surface area is 99.1 Å². The van der Waals surface area contributed by atoms with Crippen molar-refractivity contribution in [2.75, 3.05) is 6.61 Å². The third-order valence-electron chi connectivity index (χ3n) is 6.27. The van der Waals surface area contributed by atoms with Gasteiger partial charge in [-0.15, -0.1) is 0 Å². The summed E-state index contributed by atoms with van der Waals surface area (Å²) >= 11 is 0. The maximum absolute atomic E-state index is 12.7. The van der Waals surface area contributed by atoms with Crippen LogP contribution in [0.3, 0.4) is 0 Å². The van der Waals surface area contributed by atoms with Gasteiger partial charge >= 0.3 is 0 Å². The molecule has 0 aromatic rings. The highest BCUT2D eigenvalue weighted by Crippen LogP contribution is 2.70. The monoisotopic (exact) mass is 233 g/mol. The molecule has 0 aromatic heterocycles. The number of carbonyl (C=O) groups is 2. The number of rotatable bonds is 0. The number of hydrogen-bond acceptors (Lipinski definition) is 3. The lowest BCUT2D eigenvalue weighted by atomic mass is 9.49. The smallest absolute Gasteiger partial charge is 0.224 e. The molecule has 17 heavy (non-hydrogen) atoms. The zero-order chi connectivity index (χ0) is 11.5. The van der Waals surface area contributed by atoms with Crippen LogP contribution in [-0.4, -0.2) is 30.4 Å². The molecule has 0 unspecified atom stereocenters. The first kappa shape index (κ1) is 9.09. The Hall–Kier alpha value is -0.900. The Balaban J connectivity index is 1.66. The first-order valence-electron chi connectivity index (χ1n) is 6.62. The molecule has 5 aliphatic rings. The van der Waals surface area contributed by atoms with Crippen LogP contribution in [0.2, 0.25) is 0 Å². The lowest BCUT2D eigenvalue weighted by Gasteiger charge is -2.53. The van der Waals surface area contributed by atoms with Crippen molar-refractivity contribution in [2.24, 2.45) is 35.0 Å². The van der Waals surface area contributed by atoms with Crippen molar-refractivity contribution in [3.05, 3.63) is 0 Å². The molecule has 8 atom stereocenters. The summed E-state index contributed by atoms with van der Waals surface area (Å²) in [6, 6.07) is -0.00810. The Kier molecular flexibility index (Phi) is 1.23. The van der Waals surface area contributed by atoms with Gasteiger partial charge in [0.2, 0.25) is 5.91 Å². The second-order valence-corrected chi connectivity index (χ2v) is 6.57. The molecule has 2 heterocycles. The molecule has 0 radical (unpaired) electrons. The second-order valence-electron chi connectivity index (χ2n) is 6.57. The molecular weight excluding hydrogens is 218 g/mol. The lowest BCUT2D eigenvalue weighted by molar-refractivity contribution is -0.153. The van der Waals surface area contributed by atoms with Gasteiger partial charge in [-0.05, 0) is 18.3 Å². The van der Waals surface area contributed by atoms with Crippen LogP contribution in [0.5, 0.6) is 0 Å². The first-order chi connectivity index (χ1) is 8.16. The van der Waals surface area contributed by atoms with Crippen molar-refractivity contribution in [1.82, 2.24) is 5.32 Å².